The van der Waals surface area contributed by atoms with E-state index in [1.165, 1.54) is 5.56 Å². The molecule has 1 saturated heterocycles. The summed E-state index contributed by atoms with van der Waals surface area (Å²) < 4.78 is 16.1. The van der Waals surface area contributed by atoms with Gasteiger partial charge in [-0.2, -0.15) is 4.39 Å². The normalized spacial score (nSPS) is 14.9. The minimum Gasteiger partial charge on any atom is -0.395 e. The van der Waals surface area contributed by atoms with Crippen molar-refractivity contribution in [2.24, 2.45) is 7.05 Å². The highest BCUT2D eigenvalue weighted by Gasteiger charge is 2.23. The SMILES string of the molecule is CN(C)C(=O)c1ccc(C2CCN(Cc3cc4c(-c5ccc(N)c(F)n5)ccnc4n3C)CC2)cc1. The molecule has 3 aromatic heterocycles. The second-order valence-electron chi connectivity index (χ2n) is 9.74. The maximum absolute atomic E-state index is 14.0. The van der Waals surface area contributed by atoms with Crippen molar-refractivity contribution in [2.75, 3.05) is 32.9 Å². The van der Waals surface area contributed by atoms with Crippen LogP contribution in [0.2, 0.25) is 0 Å². The third kappa shape index (κ3) is 4.56. The lowest BCUT2D eigenvalue weighted by atomic mass is 9.89. The molecule has 1 aliphatic rings. The number of fused-ring (bicyclic) bond motifs is 1. The first-order valence-corrected chi connectivity index (χ1v) is 12.2. The van der Waals surface area contributed by atoms with E-state index in [9.17, 15) is 9.18 Å². The van der Waals surface area contributed by atoms with E-state index in [0.717, 1.165) is 60.3 Å². The van der Waals surface area contributed by atoms with Crippen LogP contribution in [-0.4, -0.2) is 57.4 Å². The number of aromatic nitrogens is 3. The van der Waals surface area contributed by atoms with E-state index >= 15 is 0 Å². The summed E-state index contributed by atoms with van der Waals surface area (Å²) in [6.45, 7) is 2.81. The van der Waals surface area contributed by atoms with Crippen molar-refractivity contribution < 1.29 is 9.18 Å². The first-order valence-electron chi connectivity index (χ1n) is 12.2. The highest BCUT2D eigenvalue weighted by molar-refractivity contribution is 5.94. The first kappa shape index (κ1) is 23.9. The number of pyridine rings is 2. The number of halogens is 1. The number of nitrogens with two attached hydrogens (primary N) is 1. The fourth-order valence-electron chi connectivity index (χ4n) is 5.05. The van der Waals surface area contributed by atoms with Crippen LogP contribution in [-0.2, 0) is 13.6 Å². The summed E-state index contributed by atoms with van der Waals surface area (Å²) in [5.74, 6) is -0.131. The summed E-state index contributed by atoms with van der Waals surface area (Å²) >= 11 is 0. The van der Waals surface area contributed by atoms with E-state index in [1.54, 1.807) is 37.3 Å². The average Bonchev–Trinajstić information content (AvgIpc) is 3.21. The number of nitrogen functional groups attached to an aromatic ring is 1. The third-order valence-corrected chi connectivity index (χ3v) is 7.19. The molecule has 36 heavy (non-hydrogen) atoms. The number of hydrogen-bond acceptors (Lipinski definition) is 5. The minimum absolute atomic E-state index is 0.0290. The highest BCUT2D eigenvalue weighted by atomic mass is 19.1. The zero-order chi connectivity index (χ0) is 25.4. The topological polar surface area (TPSA) is 80.3 Å². The monoisotopic (exact) mass is 486 g/mol. The molecule has 0 unspecified atom stereocenters. The fraction of sp³-hybridized carbons (Fsp3) is 0.321. The molecule has 0 radical (unpaired) electrons. The second-order valence-corrected chi connectivity index (χ2v) is 9.74. The number of nitrogens with zero attached hydrogens (tertiary/aromatic N) is 5. The second kappa shape index (κ2) is 9.70. The van der Waals surface area contributed by atoms with Crippen LogP contribution in [0.4, 0.5) is 10.1 Å². The van der Waals surface area contributed by atoms with Gasteiger partial charge in [-0.15, -0.1) is 0 Å². The summed E-state index contributed by atoms with van der Waals surface area (Å²) in [5.41, 5.74) is 11.1. The van der Waals surface area contributed by atoms with E-state index in [2.05, 4.69) is 37.6 Å². The van der Waals surface area contributed by atoms with Crippen LogP contribution < -0.4 is 5.73 Å². The number of piperidine rings is 1. The third-order valence-electron chi connectivity index (χ3n) is 7.19. The Labute approximate surface area is 210 Å². The molecule has 0 atom stereocenters. The van der Waals surface area contributed by atoms with Crippen molar-refractivity contribution >= 4 is 22.6 Å². The van der Waals surface area contributed by atoms with Gasteiger partial charge in [0.2, 0.25) is 5.95 Å². The van der Waals surface area contributed by atoms with Gasteiger partial charge in [-0.05, 0) is 73.8 Å². The largest absolute Gasteiger partial charge is 0.395 e. The zero-order valence-corrected chi connectivity index (χ0v) is 20.9. The standard InChI is InChI=1S/C28H31FN6O/c1-33(2)28(36)20-6-4-18(5-7-20)19-11-14-35(15-12-19)17-21-16-23-22(10-13-31-27(23)34(21)3)25-9-8-24(30)26(29)32-25/h4-10,13,16,19H,11-12,14-15,17,30H2,1-3H3. The van der Waals surface area contributed by atoms with Crippen molar-refractivity contribution in [1.29, 1.82) is 0 Å². The quantitative estimate of drug-likeness (QED) is 0.422. The van der Waals surface area contributed by atoms with Crippen LogP contribution in [0.15, 0.2) is 54.7 Å². The lowest BCUT2D eigenvalue weighted by molar-refractivity contribution is 0.0827. The van der Waals surface area contributed by atoms with Crippen molar-refractivity contribution in [3.8, 4) is 11.3 Å². The number of carbonyl (C=O) groups excluding carboxylic acids is 1. The summed E-state index contributed by atoms with van der Waals surface area (Å²) in [7, 11) is 5.56. The van der Waals surface area contributed by atoms with Gasteiger partial charge in [0.1, 0.15) is 5.65 Å². The lowest BCUT2D eigenvalue weighted by Gasteiger charge is -2.32. The molecule has 0 bridgehead atoms. The molecule has 8 heteroatoms. The Morgan fingerprint density at radius 2 is 1.83 bits per heavy atom. The molecule has 0 aliphatic carbocycles. The van der Waals surface area contributed by atoms with Gasteiger partial charge in [0, 0.05) is 56.1 Å². The predicted octanol–water partition coefficient (Wildman–Crippen LogP) is 4.44. The van der Waals surface area contributed by atoms with Crippen molar-refractivity contribution in [3.63, 3.8) is 0 Å². The van der Waals surface area contributed by atoms with E-state index < -0.39 is 5.95 Å². The number of anilines is 1. The smallest absolute Gasteiger partial charge is 0.253 e. The van der Waals surface area contributed by atoms with Gasteiger partial charge in [-0.1, -0.05) is 12.1 Å². The Kier molecular flexibility index (Phi) is 6.45. The Balaban J connectivity index is 1.29. The Morgan fingerprint density at radius 1 is 1.11 bits per heavy atom. The molecule has 186 valence electrons. The zero-order valence-electron chi connectivity index (χ0n) is 20.9. The van der Waals surface area contributed by atoms with Gasteiger partial charge < -0.3 is 15.2 Å². The Bertz CT molecular complexity index is 1400. The maximum Gasteiger partial charge on any atom is 0.253 e. The van der Waals surface area contributed by atoms with E-state index in [0.29, 0.717) is 11.6 Å². The maximum atomic E-state index is 14.0. The summed E-state index contributed by atoms with van der Waals surface area (Å²) in [5, 5.41) is 0.953. The Morgan fingerprint density at radius 3 is 2.50 bits per heavy atom. The Hall–Kier alpha value is -3.78. The molecular weight excluding hydrogens is 455 g/mol. The van der Waals surface area contributed by atoms with Gasteiger partial charge in [0.15, 0.2) is 0 Å². The molecule has 2 N–H and O–H groups in total. The molecular formula is C28H31FN6O. The van der Waals surface area contributed by atoms with Crippen LogP contribution in [0.3, 0.4) is 0 Å². The predicted molar refractivity (Wildman–Crippen MR) is 140 cm³/mol. The van der Waals surface area contributed by atoms with Crippen LogP contribution in [0, 0.1) is 5.95 Å². The van der Waals surface area contributed by atoms with Crippen LogP contribution in [0.5, 0.6) is 0 Å². The van der Waals surface area contributed by atoms with Crippen molar-refractivity contribution in [2.45, 2.75) is 25.3 Å². The number of amides is 1. The number of hydrogen-bond donors (Lipinski definition) is 1. The number of benzene rings is 1. The number of carbonyl (C=O) groups is 1. The molecule has 1 aromatic carbocycles. The van der Waals surface area contributed by atoms with Crippen LogP contribution >= 0.6 is 0 Å². The molecule has 7 nitrogen and oxygen atoms in total. The van der Waals surface area contributed by atoms with Gasteiger partial charge in [0.05, 0.1) is 11.4 Å². The minimum atomic E-state index is -0.657. The summed E-state index contributed by atoms with van der Waals surface area (Å²) in [4.78, 5) is 24.8. The summed E-state index contributed by atoms with van der Waals surface area (Å²) in [6, 6.07) is 15.4. The number of rotatable bonds is 5. The van der Waals surface area contributed by atoms with Crippen LogP contribution in [0.1, 0.15) is 40.4 Å². The molecule has 1 fully saturated rings. The van der Waals surface area contributed by atoms with E-state index in [-0.39, 0.29) is 11.6 Å². The molecule has 0 spiro atoms. The molecule has 4 aromatic rings. The number of likely N-dealkylation sites (tertiary alicyclic amines) is 1. The van der Waals surface area contributed by atoms with E-state index in [4.69, 9.17) is 5.73 Å². The lowest BCUT2D eigenvalue weighted by Crippen LogP contribution is -2.33. The average molecular weight is 487 g/mol. The van der Waals surface area contributed by atoms with Gasteiger partial charge in [0.25, 0.3) is 5.91 Å². The van der Waals surface area contributed by atoms with Gasteiger partial charge in [-0.25, -0.2) is 9.97 Å². The van der Waals surface area contributed by atoms with Gasteiger partial charge in [-0.3, -0.25) is 9.69 Å². The van der Waals surface area contributed by atoms with Gasteiger partial charge >= 0.3 is 0 Å². The highest BCUT2D eigenvalue weighted by Crippen LogP contribution is 2.32. The number of aryl methyl sites for hydroxylation is 1. The first-order chi connectivity index (χ1) is 17.3. The fourth-order valence-corrected chi connectivity index (χ4v) is 5.05. The van der Waals surface area contributed by atoms with Crippen molar-refractivity contribution in [3.05, 3.63) is 77.5 Å². The molecule has 4 heterocycles. The molecule has 0 saturated carbocycles. The van der Waals surface area contributed by atoms with Crippen molar-refractivity contribution in [1.82, 2.24) is 24.3 Å². The summed E-state index contributed by atoms with van der Waals surface area (Å²) in [6.07, 6.45) is 3.88. The van der Waals surface area contributed by atoms with E-state index in [1.807, 2.05) is 25.2 Å². The van der Waals surface area contributed by atoms with Crippen LogP contribution in [0.25, 0.3) is 22.3 Å². The molecule has 1 amide bonds. The molecule has 1 aliphatic heterocycles. The molecule has 5 rings (SSSR count).